The Morgan fingerprint density at radius 3 is 2.62 bits per heavy atom. The maximum atomic E-state index is 3.59. The van der Waals surface area contributed by atoms with Crippen molar-refractivity contribution in [1.29, 1.82) is 0 Å². The van der Waals surface area contributed by atoms with Crippen LogP contribution in [0.1, 0.15) is 37.4 Å². The quantitative estimate of drug-likeness (QED) is 0.810. The molecule has 1 aliphatic rings. The molecule has 2 atom stereocenters. The standard InChI is InChI=1S/C14H22N2/c1-3-15-12-9-11-7-5-6-8-13(11)14(10-12)16-4-2/h5-8,12,14-16H,3-4,9-10H2,1-2H3/t12-,14-/m0/s1. The van der Waals surface area contributed by atoms with Crippen molar-refractivity contribution in [3.8, 4) is 0 Å². The molecule has 0 spiro atoms. The molecule has 0 saturated heterocycles. The number of nitrogens with one attached hydrogen (secondary N) is 2. The molecule has 0 bridgehead atoms. The Labute approximate surface area is 98.4 Å². The fourth-order valence-electron chi connectivity index (χ4n) is 2.70. The van der Waals surface area contributed by atoms with Gasteiger partial charge in [-0.05, 0) is 37.1 Å². The van der Waals surface area contributed by atoms with E-state index in [1.54, 1.807) is 0 Å². The summed E-state index contributed by atoms with van der Waals surface area (Å²) in [5, 5.41) is 7.16. The van der Waals surface area contributed by atoms with Crippen molar-refractivity contribution in [1.82, 2.24) is 10.6 Å². The average molecular weight is 218 g/mol. The van der Waals surface area contributed by atoms with Crippen LogP contribution in [0.15, 0.2) is 24.3 Å². The van der Waals surface area contributed by atoms with E-state index in [1.165, 1.54) is 24.0 Å². The first kappa shape index (κ1) is 11.6. The van der Waals surface area contributed by atoms with Gasteiger partial charge in [0, 0.05) is 12.1 Å². The molecule has 0 fully saturated rings. The van der Waals surface area contributed by atoms with Crippen LogP contribution in [-0.2, 0) is 6.42 Å². The van der Waals surface area contributed by atoms with Gasteiger partial charge in [0.15, 0.2) is 0 Å². The molecule has 2 heteroatoms. The number of likely N-dealkylation sites (N-methyl/N-ethyl adjacent to an activating group) is 1. The summed E-state index contributed by atoms with van der Waals surface area (Å²) in [4.78, 5) is 0. The van der Waals surface area contributed by atoms with Crippen LogP contribution >= 0.6 is 0 Å². The normalized spacial score (nSPS) is 24.1. The van der Waals surface area contributed by atoms with Crippen LogP contribution in [0.25, 0.3) is 0 Å². The van der Waals surface area contributed by atoms with Gasteiger partial charge in [0.2, 0.25) is 0 Å². The summed E-state index contributed by atoms with van der Waals surface area (Å²) in [6, 6.07) is 9.99. The van der Waals surface area contributed by atoms with Crippen LogP contribution in [0.3, 0.4) is 0 Å². The highest BCUT2D eigenvalue weighted by atomic mass is 15.0. The molecule has 0 heterocycles. The first-order valence-corrected chi connectivity index (χ1v) is 6.39. The Morgan fingerprint density at radius 2 is 1.88 bits per heavy atom. The van der Waals surface area contributed by atoms with E-state index in [1.807, 2.05) is 0 Å². The molecule has 0 aromatic heterocycles. The number of hydrogen-bond acceptors (Lipinski definition) is 2. The maximum absolute atomic E-state index is 3.59. The first-order chi connectivity index (χ1) is 7.85. The molecule has 16 heavy (non-hydrogen) atoms. The summed E-state index contributed by atoms with van der Waals surface area (Å²) in [5.41, 5.74) is 3.00. The van der Waals surface area contributed by atoms with Crippen molar-refractivity contribution >= 4 is 0 Å². The van der Waals surface area contributed by atoms with Gasteiger partial charge in [-0.2, -0.15) is 0 Å². The third-order valence-corrected chi connectivity index (χ3v) is 3.36. The van der Waals surface area contributed by atoms with Crippen molar-refractivity contribution in [3.05, 3.63) is 35.4 Å². The van der Waals surface area contributed by atoms with E-state index >= 15 is 0 Å². The van der Waals surface area contributed by atoms with Gasteiger partial charge in [-0.15, -0.1) is 0 Å². The van der Waals surface area contributed by atoms with E-state index in [9.17, 15) is 0 Å². The highest BCUT2D eigenvalue weighted by Gasteiger charge is 2.25. The largest absolute Gasteiger partial charge is 0.314 e. The Hall–Kier alpha value is -0.860. The van der Waals surface area contributed by atoms with E-state index in [4.69, 9.17) is 0 Å². The van der Waals surface area contributed by atoms with Crippen molar-refractivity contribution in [2.45, 2.75) is 38.8 Å². The minimum Gasteiger partial charge on any atom is -0.314 e. The van der Waals surface area contributed by atoms with Gasteiger partial charge in [-0.1, -0.05) is 38.1 Å². The third kappa shape index (κ3) is 2.45. The van der Waals surface area contributed by atoms with E-state index in [0.29, 0.717) is 12.1 Å². The molecule has 2 N–H and O–H groups in total. The van der Waals surface area contributed by atoms with E-state index < -0.39 is 0 Å². The summed E-state index contributed by atoms with van der Waals surface area (Å²) in [7, 11) is 0. The smallest absolute Gasteiger partial charge is 0.0337 e. The van der Waals surface area contributed by atoms with Crippen LogP contribution in [0.4, 0.5) is 0 Å². The summed E-state index contributed by atoms with van der Waals surface area (Å²) in [6.07, 6.45) is 2.38. The highest BCUT2D eigenvalue weighted by molar-refractivity contribution is 5.33. The lowest BCUT2D eigenvalue weighted by Crippen LogP contribution is -2.39. The summed E-state index contributed by atoms with van der Waals surface area (Å²) in [6.45, 7) is 6.46. The van der Waals surface area contributed by atoms with E-state index in [2.05, 4.69) is 48.7 Å². The zero-order valence-corrected chi connectivity index (χ0v) is 10.3. The van der Waals surface area contributed by atoms with Gasteiger partial charge in [-0.3, -0.25) is 0 Å². The Kier molecular flexibility index (Phi) is 3.97. The van der Waals surface area contributed by atoms with Crippen LogP contribution in [0, 0.1) is 0 Å². The molecule has 2 rings (SSSR count). The van der Waals surface area contributed by atoms with E-state index in [0.717, 1.165) is 13.1 Å². The Bertz CT molecular complexity index is 335. The molecule has 2 nitrogen and oxygen atoms in total. The molecule has 0 radical (unpaired) electrons. The number of benzene rings is 1. The molecule has 0 unspecified atom stereocenters. The Morgan fingerprint density at radius 1 is 1.12 bits per heavy atom. The second-order valence-electron chi connectivity index (χ2n) is 4.50. The zero-order valence-electron chi connectivity index (χ0n) is 10.3. The lowest BCUT2D eigenvalue weighted by atomic mass is 9.84. The third-order valence-electron chi connectivity index (χ3n) is 3.36. The van der Waals surface area contributed by atoms with Crippen molar-refractivity contribution in [3.63, 3.8) is 0 Å². The summed E-state index contributed by atoms with van der Waals surface area (Å²) >= 11 is 0. The monoisotopic (exact) mass is 218 g/mol. The second-order valence-corrected chi connectivity index (χ2v) is 4.50. The van der Waals surface area contributed by atoms with Gasteiger partial charge >= 0.3 is 0 Å². The van der Waals surface area contributed by atoms with Gasteiger partial charge in [0.1, 0.15) is 0 Å². The molecular formula is C14H22N2. The zero-order chi connectivity index (χ0) is 11.4. The van der Waals surface area contributed by atoms with Crippen LogP contribution < -0.4 is 10.6 Å². The predicted molar refractivity (Wildman–Crippen MR) is 68.6 cm³/mol. The lowest BCUT2D eigenvalue weighted by Gasteiger charge is -2.32. The fourth-order valence-corrected chi connectivity index (χ4v) is 2.70. The minimum atomic E-state index is 0.527. The minimum absolute atomic E-state index is 0.527. The van der Waals surface area contributed by atoms with Crippen molar-refractivity contribution in [2.24, 2.45) is 0 Å². The number of rotatable bonds is 4. The predicted octanol–water partition coefficient (Wildman–Crippen LogP) is 2.26. The SMILES string of the molecule is CCN[C@H]1Cc2ccccc2[C@@H](NCC)C1. The summed E-state index contributed by atoms with van der Waals surface area (Å²) < 4.78 is 0. The van der Waals surface area contributed by atoms with Crippen LogP contribution in [0.2, 0.25) is 0 Å². The topological polar surface area (TPSA) is 24.1 Å². The van der Waals surface area contributed by atoms with Crippen LogP contribution in [0.5, 0.6) is 0 Å². The molecular weight excluding hydrogens is 196 g/mol. The van der Waals surface area contributed by atoms with Gasteiger partial charge < -0.3 is 10.6 Å². The fraction of sp³-hybridized carbons (Fsp3) is 0.571. The average Bonchev–Trinajstić information content (AvgIpc) is 2.30. The van der Waals surface area contributed by atoms with Crippen molar-refractivity contribution < 1.29 is 0 Å². The molecule has 0 amide bonds. The van der Waals surface area contributed by atoms with Crippen LogP contribution in [-0.4, -0.2) is 19.1 Å². The molecule has 0 aliphatic heterocycles. The first-order valence-electron chi connectivity index (χ1n) is 6.39. The number of hydrogen-bond donors (Lipinski definition) is 2. The molecule has 1 aromatic carbocycles. The molecule has 1 aliphatic carbocycles. The Balaban J connectivity index is 2.19. The number of fused-ring (bicyclic) bond motifs is 1. The van der Waals surface area contributed by atoms with Crippen molar-refractivity contribution in [2.75, 3.05) is 13.1 Å². The second kappa shape index (κ2) is 5.46. The van der Waals surface area contributed by atoms with Gasteiger partial charge in [0.25, 0.3) is 0 Å². The molecule has 0 saturated carbocycles. The lowest BCUT2D eigenvalue weighted by molar-refractivity contribution is 0.382. The maximum Gasteiger partial charge on any atom is 0.0337 e. The highest BCUT2D eigenvalue weighted by Crippen LogP contribution is 2.29. The van der Waals surface area contributed by atoms with Gasteiger partial charge in [-0.25, -0.2) is 0 Å². The van der Waals surface area contributed by atoms with Gasteiger partial charge in [0.05, 0.1) is 0 Å². The summed E-state index contributed by atoms with van der Waals surface area (Å²) in [5.74, 6) is 0. The molecule has 88 valence electrons. The van der Waals surface area contributed by atoms with E-state index in [-0.39, 0.29) is 0 Å². The molecule has 1 aromatic rings.